The van der Waals surface area contributed by atoms with E-state index in [0.29, 0.717) is 12.1 Å². The van der Waals surface area contributed by atoms with Crippen LogP contribution in [0.1, 0.15) is 13.8 Å². The molecule has 118 valence electrons. The quantitative estimate of drug-likeness (QED) is 0.894. The lowest BCUT2D eigenvalue weighted by atomic mass is 10.1. The number of hydrogen-bond acceptors (Lipinski definition) is 6. The minimum atomic E-state index is 0.655. The van der Waals surface area contributed by atoms with Gasteiger partial charge in [0.15, 0.2) is 11.5 Å². The highest BCUT2D eigenvalue weighted by Crippen LogP contribution is 2.26. The molecule has 7 heteroatoms. The number of fused-ring (bicyclic) bond motifs is 1. The second kappa shape index (κ2) is 5.48. The van der Waals surface area contributed by atoms with E-state index < -0.39 is 0 Å². The summed E-state index contributed by atoms with van der Waals surface area (Å²) in [4.78, 5) is 23.5. The molecule has 2 aromatic rings. The molecule has 4 heterocycles. The molecule has 0 saturated carbocycles. The highest BCUT2D eigenvalue weighted by atomic mass is 15.4. The Bertz CT molecular complexity index is 638. The van der Waals surface area contributed by atoms with Gasteiger partial charge >= 0.3 is 0 Å². The Kier molecular flexibility index (Phi) is 3.46. The first-order chi connectivity index (χ1) is 10.7. The summed E-state index contributed by atoms with van der Waals surface area (Å²) >= 11 is 0. The van der Waals surface area contributed by atoms with E-state index in [1.165, 1.54) is 26.2 Å². The van der Waals surface area contributed by atoms with Crippen molar-refractivity contribution in [3.8, 4) is 0 Å². The van der Waals surface area contributed by atoms with Gasteiger partial charge in [-0.3, -0.25) is 9.80 Å². The average Bonchev–Trinajstić information content (AvgIpc) is 2.95. The third kappa shape index (κ3) is 2.34. The molecule has 0 unspecified atom stereocenters. The highest BCUT2D eigenvalue weighted by molar-refractivity contribution is 5.83. The Morgan fingerprint density at radius 3 is 2.59 bits per heavy atom. The van der Waals surface area contributed by atoms with Gasteiger partial charge in [-0.2, -0.15) is 0 Å². The van der Waals surface area contributed by atoms with Crippen LogP contribution < -0.4 is 4.90 Å². The molecule has 2 aromatic heterocycles. The maximum Gasteiger partial charge on any atom is 0.182 e. The lowest BCUT2D eigenvalue weighted by molar-refractivity contribution is 0.0677. The Labute approximate surface area is 130 Å². The van der Waals surface area contributed by atoms with Crippen molar-refractivity contribution in [2.45, 2.75) is 25.9 Å². The number of H-pyrrole nitrogens is 1. The van der Waals surface area contributed by atoms with Crippen LogP contribution >= 0.6 is 0 Å². The summed E-state index contributed by atoms with van der Waals surface area (Å²) in [6.07, 6.45) is 3.29. The first-order valence-electron chi connectivity index (χ1n) is 8.09. The van der Waals surface area contributed by atoms with Crippen LogP contribution in [0.25, 0.3) is 11.2 Å². The molecule has 0 spiro atoms. The van der Waals surface area contributed by atoms with E-state index in [1.54, 1.807) is 12.7 Å². The lowest BCUT2D eigenvalue weighted by Crippen LogP contribution is -2.63. The molecule has 2 saturated heterocycles. The predicted molar refractivity (Wildman–Crippen MR) is 86.0 cm³/mol. The summed E-state index contributed by atoms with van der Waals surface area (Å²) in [5, 5.41) is 0. The van der Waals surface area contributed by atoms with Crippen molar-refractivity contribution >= 4 is 17.0 Å². The SMILES string of the molecule is CC(C)N1CCN(C2CN(c3ncnc4nc[nH]c34)C2)CC1. The van der Waals surface area contributed by atoms with Gasteiger partial charge in [-0.15, -0.1) is 0 Å². The number of aromatic nitrogens is 4. The van der Waals surface area contributed by atoms with E-state index in [1.807, 2.05) is 0 Å². The van der Waals surface area contributed by atoms with Gasteiger partial charge in [-0.1, -0.05) is 0 Å². The second-order valence-electron chi connectivity index (χ2n) is 6.52. The van der Waals surface area contributed by atoms with Crippen LogP contribution in [0.3, 0.4) is 0 Å². The smallest absolute Gasteiger partial charge is 0.182 e. The standard InChI is InChI=1S/C15H23N7/c1-11(2)20-3-5-21(6-4-20)12-7-22(8-12)15-13-14(17-9-16-13)18-10-19-15/h9-12H,3-8H2,1-2H3,(H,16,17,18,19). The molecule has 2 aliphatic rings. The van der Waals surface area contributed by atoms with Crippen LogP contribution in [0, 0.1) is 0 Å². The average molecular weight is 301 g/mol. The number of nitrogens with one attached hydrogen (secondary N) is 1. The van der Waals surface area contributed by atoms with Crippen LogP contribution in [0.15, 0.2) is 12.7 Å². The molecule has 0 radical (unpaired) electrons. The monoisotopic (exact) mass is 301 g/mol. The van der Waals surface area contributed by atoms with Crippen LogP contribution in [0.4, 0.5) is 5.82 Å². The van der Waals surface area contributed by atoms with Crippen molar-refractivity contribution in [1.82, 2.24) is 29.7 Å². The fraction of sp³-hybridized carbons (Fsp3) is 0.667. The normalized spacial score (nSPS) is 21.7. The fourth-order valence-corrected chi connectivity index (χ4v) is 3.47. The number of piperazine rings is 1. The van der Waals surface area contributed by atoms with E-state index in [-0.39, 0.29) is 0 Å². The molecule has 0 amide bonds. The van der Waals surface area contributed by atoms with Crippen molar-refractivity contribution in [3.05, 3.63) is 12.7 Å². The molecule has 1 N–H and O–H groups in total. The van der Waals surface area contributed by atoms with Gasteiger partial charge in [-0.05, 0) is 13.8 Å². The zero-order valence-corrected chi connectivity index (χ0v) is 13.2. The Balaban J connectivity index is 1.38. The number of rotatable bonds is 3. The van der Waals surface area contributed by atoms with Gasteiger partial charge < -0.3 is 9.88 Å². The molecule has 0 bridgehead atoms. The maximum absolute atomic E-state index is 4.43. The maximum atomic E-state index is 4.43. The Hall–Kier alpha value is -1.73. The fourth-order valence-electron chi connectivity index (χ4n) is 3.47. The summed E-state index contributed by atoms with van der Waals surface area (Å²) in [6.45, 7) is 11.4. The molecule has 22 heavy (non-hydrogen) atoms. The van der Waals surface area contributed by atoms with Crippen LogP contribution in [-0.2, 0) is 0 Å². The third-order valence-electron chi connectivity index (χ3n) is 4.96. The molecule has 4 rings (SSSR count). The van der Waals surface area contributed by atoms with E-state index >= 15 is 0 Å². The topological polar surface area (TPSA) is 64.2 Å². The molecule has 2 aliphatic heterocycles. The predicted octanol–water partition coefficient (Wildman–Crippen LogP) is 0.567. The zero-order valence-electron chi connectivity index (χ0n) is 13.2. The summed E-state index contributed by atoms with van der Waals surface area (Å²) < 4.78 is 0. The van der Waals surface area contributed by atoms with Crippen LogP contribution in [0.5, 0.6) is 0 Å². The molecule has 7 nitrogen and oxygen atoms in total. The molecular weight excluding hydrogens is 278 g/mol. The van der Waals surface area contributed by atoms with Gasteiger partial charge in [0.2, 0.25) is 0 Å². The number of anilines is 1. The molecule has 0 atom stereocenters. The van der Waals surface area contributed by atoms with Crippen LogP contribution in [0.2, 0.25) is 0 Å². The van der Waals surface area contributed by atoms with Gasteiger partial charge in [0.1, 0.15) is 11.8 Å². The number of imidazole rings is 1. The minimum Gasteiger partial charge on any atom is -0.351 e. The minimum absolute atomic E-state index is 0.655. The summed E-state index contributed by atoms with van der Waals surface area (Å²) in [6, 6.07) is 1.32. The largest absolute Gasteiger partial charge is 0.351 e. The second-order valence-corrected chi connectivity index (χ2v) is 6.52. The molecule has 0 aliphatic carbocycles. The number of nitrogens with zero attached hydrogens (tertiary/aromatic N) is 6. The highest BCUT2D eigenvalue weighted by Gasteiger charge is 2.35. The summed E-state index contributed by atoms with van der Waals surface area (Å²) in [7, 11) is 0. The zero-order chi connectivity index (χ0) is 15.1. The van der Waals surface area contributed by atoms with Crippen molar-refractivity contribution in [2.24, 2.45) is 0 Å². The van der Waals surface area contributed by atoms with Gasteiger partial charge in [0.25, 0.3) is 0 Å². The molecular formula is C15H23N7. The Morgan fingerprint density at radius 1 is 1.09 bits per heavy atom. The third-order valence-corrected chi connectivity index (χ3v) is 4.96. The lowest BCUT2D eigenvalue weighted by Gasteiger charge is -2.49. The van der Waals surface area contributed by atoms with E-state index in [4.69, 9.17) is 0 Å². The Morgan fingerprint density at radius 2 is 1.86 bits per heavy atom. The molecule has 2 fully saturated rings. The van der Waals surface area contributed by atoms with Crippen molar-refractivity contribution < 1.29 is 0 Å². The van der Waals surface area contributed by atoms with E-state index in [2.05, 4.69) is 48.5 Å². The summed E-state index contributed by atoms with van der Waals surface area (Å²) in [5.41, 5.74) is 1.70. The first-order valence-corrected chi connectivity index (χ1v) is 8.09. The van der Waals surface area contributed by atoms with E-state index in [9.17, 15) is 0 Å². The number of hydrogen-bond donors (Lipinski definition) is 1. The van der Waals surface area contributed by atoms with Gasteiger partial charge in [0.05, 0.1) is 6.33 Å². The van der Waals surface area contributed by atoms with Crippen molar-refractivity contribution in [1.29, 1.82) is 0 Å². The first kappa shape index (κ1) is 13.9. The van der Waals surface area contributed by atoms with Crippen LogP contribution in [-0.4, -0.2) is 81.1 Å². The van der Waals surface area contributed by atoms with Gasteiger partial charge in [0, 0.05) is 51.4 Å². The van der Waals surface area contributed by atoms with Crippen molar-refractivity contribution in [2.75, 3.05) is 44.2 Å². The van der Waals surface area contributed by atoms with Crippen molar-refractivity contribution in [3.63, 3.8) is 0 Å². The van der Waals surface area contributed by atoms with Gasteiger partial charge in [-0.25, -0.2) is 15.0 Å². The van der Waals surface area contributed by atoms with E-state index in [0.717, 1.165) is 30.1 Å². The number of aromatic amines is 1. The molecule has 0 aromatic carbocycles. The summed E-state index contributed by atoms with van der Waals surface area (Å²) in [5.74, 6) is 0.986.